The second-order valence-electron chi connectivity index (χ2n) is 4.61. The van der Waals surface area contributed by atoms with Crippen LogP contribution in [0.15, 0.2) is 24.3 Å². The first-order valence-electron chi connectivity index (χ1n) is 5.80. The molecule has 1 heterocycles. The number of rotatable bonds is 2. The average molecular weight is 291 g/mol. The molecule has 6 heteroatoms. The zero-order chi connectivity index (χ0) is 12.5. The van der Waals surface area contributed by atoms with E-state index in [9.17, 15) is 8.42 Å². The van der Waals surface area contributed by atoms with E-state index in [1.54, 1.807) is 0 Å². The summed E-state index contributed by atoms with van der Waals surface area (Å²) in [5, 5.41) is 4.80. The average Bonchev–Trinajstić information content (AvgIpc) is 2.29. The quantitative estimate of drug-likeness (QED) is 0.901. The molecule has 1 aliphatic rings. The van der Waals surface area contributed by atoms with E-state index in [0.29, 0.717) is 12.8 Å². The Hall–Kier alpha value is -0.780. The Morgan fingerprint density at radius 1 is 1.17 bits per heavy atom. The molecule has 2 N–H and O–H groups in total. The van der Waals surface area contributed by atoms with Gasteiger partial charge in [0.1, 0.15) is 0 Å². The second kappa shape index (κ2) is 5.91. The molecule has 0 bridgehead atoms. The molecular formula is C12H19ClN2O2S. The van der Waals surface area contributed by atoms with Crippen LogP contribution in [0.25, 0.3) is 0 Å². The predicted molar refractivity (Wildman–Crippen MR) is 76.8 cm³/mol. The monoisotopic (exact) mass is 290 g/mol. The summed E-state index contributed by atoms with van der Waals surface area (Å²) in [7, 11) is -3.36. The number of primary sulfonamides is 1. The van der Waals surface area contributed by atoms with Gasteiger partial charge in [-0.3, -0.25) is 0 Å². The Balaban J connectivity index is 0.00000162. The Labute approximate surface area is 115 Å². The van der Waals surface area contributed by atoms with Crippen molar-refractivity contribution in [2.75, 3.05) is 18.0 Å². The minimum absolute atomic E-state index is 0. The van der Waals surface area contributed by atoms with Gasteiger partial charge in [-0.15, -0.1) is 12.4 Å². The van der Waals surface area contributed by atoms with Crippen LogP contribution in [0, 0.1) is 6.92 Å². The zero-order valence-corrected chi connectivity index (χ0v) is 12.0. The third kappa shape index (κ3) is 3.60. The van der Waals surface area contributed by atoms with Crippen LogP contribution in [0.5, 0.6) is 0 Å². The van der Waals surface area contributed by atoms with Gasteiger partial charge in [-0.05, 0) is 31.9 Å². The van der Waals surface area contributed by atoms with Crippen LogP contribution < -0.4 is 10.0 Å². The number of nitrogens with zero attached hydrogens (tertiary/aromatic N) is 1. The molecule has 2 rings (SSSR count). The fourth-order valence-corrected chi connectivity index (χ4v) is 3.07. The summed E-state index contributed by atoms with van der Waals surface area (Å²) < 4.78 is 22.5. The SMILES string of the molecule is Cc1ccc(N2CCC(S(N)(=O)=O)CC2)cc1.Cl. The number of hydrogen-bond donors (Lipinski definition) is 1. The standard InChI is InChI=1S/C12H18N2O2S.ClH/c1-10-2-4-11(5-3-10)14-8-6-12(7-9-14)17(13,15)16;/h2-5,12H,6-9H2,1H3,(H2,13,15,16);1H. The predicted octanol–water partition coefficient (Wildman–Crippen LogP) is 1.67. The lowest BCUT2D eigenvalue weighted by Gasteiger charge is -2.32. The van der Waals surface area contributed by atoms with Crippen LogP contribution in [0.1, 0.15) is 18.4 Å². The highest BCUT2D eigenvalue weighted by atomic mass is 35.5. The van der Waals surface area contributed by atoms with E-state index in [-0.39, 0.29) is 17.7 Å². The fourth-order valence-electron chi connectivity index (χ4n) is 2.20. The summed E-state index contributed by atoms with van der Waals surface area (Å²) in [6, 6.07) is 8.29. The number of piperidine rings is 1. The van der Waals surface area contributed by atoms with Crippen molar-refractivity contribution in [1.82, 2.24) is 0 Å². The van der Waals surface area contributed by atoms with Crippen LogP contribution in [-0.4, -0.2) is 26.8 Å². The molecule has 1 aromatic rings. The Bertz CT molecular complexity index is 479. The van der Waals surface area contributed by atoms with E-state index in [0.717, 1.165) is 18.8 Å². The summed E-state index contributed by atoms with van der Waals surface area (Å²) in [6.45, 7) is 3.56. The molecule has 0 aromatic heterocycles. The molecule has 0 spiro atoms. The van der Waals surface area contributed by atoms with Gasteiger partial charge in [0.2, 0.25) is 10.0 Å². The molecule has 0 saturated carbocycles. The number of halogens is 1. The largest absolute Gasteiger partial charge is 0.371 e. The van der Waals surface area contributed by atoms with Crippen LogP contribution in [0.3, 0.4) is 0 Å². The Kier molecular flexibility index (Phi) is 5.01. The van der Waals surface area contributed by atoms with Crippen molar-refractivity contribution in [2.45, 2.75) is 25.0 Å². The third-order valence-electron chi connectivity index (χ3n) is 3.31. The molecule has 0 radical (unpaired) electrons. The molecule has 0 unspecified atom stereocenters. The summed E-state index contributed by atoms with van der Waals surface area (Å²) in [4.78, 5) is 2.21. The first-order valence-corrected chi connectivity index (χ1v) is 7.41. The number of benzene rings is 1. The van der Waals surface area contributed by atoms with Gasteiger partial charge in [-0.2, -0.15) is 0 Å². The first-order chi connectivity index (χ1) is 7.97. The van der Waals surface area contributed by atoms with E-state index in [1.165, 1.54) is 5.56 Å². The van der Waals surface area contributed by atoms with Crippen molar-refractivity contribution in [3.05, 3.63) is 29.8 Å². The maximum atomic E-state index is 11.2. The summed E-state index contributed by atoms with van der Waals surface area (Å²) in [5.41, 5.74) is 2.39. The molecule has 0 aliphatic carbocycles. The van der Waals surface area contributed by atoms with E-state index in [4.69, 9.17) is 5.14 Å². The van der Waals surface area contributed by atoms with Gasteiger partial charge in [0.05, 0.1) is 5.25 Å². The smallest absolute Gasteiger partial charge is 0.212 e. The maximum absolute atomic E-state index is 11.2. The number of nitrogens with two attached hydrogens (primary N) is 1. The van der Waals surface area contributed by atoms with Gasteiger partial charge in [0.15, 0.2) is 0 Å². The van der Waals surface area contributed by atoms with E-state index in [1.807, 2.05) is 0 Å². The molecule has 1 fully saturated rings. The normalized spacial score (nSPS) is 17.3. The number of sulfonamides is 1. The lowest BCUT2D eigenvalue weighted by Crippen LogP contribution is -2.41. The van der Waals surface area contributed by atoms with Gasteiger partial charge < -0.3 is 4.90 Å². The molecule has 1 aliphatic heterocycles. The summed E-state index contributed by atoms with van der Waals surface area (Å²) in [6.07, 6.45) is 1.24. The van der Waals surface area contributed by atoms with Crippen LogP contribution in [0.4, 0.5) is 5.69 Å². The minimum Gasteiger partial charge on any atom is -0.371 e. The molecule has 1 aromatic carbocycles. The van der Waals surface area contributed by atoms with Crippen molar-refractivity contribution >= 4 is 28.1 Å². The second-order valence-corrected chi connectivity index (χ2v) is 6.46. The number of hydrogen-bond acceptors (Lipinski definition) is 3. The van der Waals surface area contributed by atoms with Crippen molar-refractivity contribution < 1.29 is 8.42 Å². The van der Waals surface area contributed by atoms with Crippen molar-refractivity contribution in [3.8, 4) is 0 Å². The summed E-state index contributed by atoms with van der Waals surface area (Å²) in [5.74, 6) is 0. The van der Waals surface area contributed by atoms with E-state index in [2.05, 4.69) is 36.1 Å². The highest BCUT2D eigenvalue weighted by Gasteiger charge is 2.27. The van der Waals surface area contributed by atoms with E-state index < -0.39 is 10.0 Å². The first kappa shape index (κ1) is 15.3. The lowest BCUT2D eigenvalue weighted by molar-refractivity contribution is 0.531. The minimum atomic E-state index is -3.36. The summed E-state index contributed by atoms with van der Waals surface area (Å²) >= 11 is 0. The van der Waals surface area contributed by atoms with Crippen LogP contribution in [0.2, 0.25) is 0 Å². The number of anilines is 1. The van der Waals surface area contributed by atoms with Gasteiger partial charge in [0, 0.05) is 18.8 Å². The molecular weight excluding hydrogens is 272 g/mol. The highest BCUT2D eigenvalue weighted by molar-refractivity contribution is 7.89. The van der Waals surface area contributed by atoms with Crippen molar-refractivity contribution in [1.29, 1.82) is 0 Å². The Morgan fingerprint density at radius 2 is 1.67 bits per heavy atom. The molecule has 0 atom stereocenters. The van der Waals surface area contributed by atoms with Gasteiger partial charge in [-0.1, -0.05) is 17.7 Å². The molecule has 0 amide bonds. The van der Waals surface area contributed by atoms with Gasteiger partial charge in [-0.25, -0.2) is 13.6 Å². The lowest BCUT2D eigenvalue weighted by atomic mass is 10.1. The third-order valence-corrected chi connectivity index (χ3v) is 4.71. The van der Waals surface area contributed by atoms with Crippen LogP contribution >= 0.6 is 12.4 Å². The van der Waals surface area contributed by atoms with Crippen molar-refractivity contribution in [3.63, 3.8) is 0 Å². The zero-order valence-electron chi connectivity index (χ0n) is 10.4. The van der Waals surface area contributed by atoms with Crippen LogP contribution in [-0.2, 0) is 10.0 Å². The number of aryl methyl sites for hydroxylation is 1. The van der Waals surface area contributed by atoms with E-state index >= 15 is 0 Å². The molecule has 4 nitrogen and oxygen atoms in total. The molecule has 18 heavy (non-hydrogen) atoms. The fraction of sp³-hybridized carbons (Fsp3) is 0.500. The topological polar surface area (TPSA) is 63.4 Å². The van der Waals surface area contributed by atoms with Crippen molar-refractivity contribution in [2.24, 2.45) is 5.14 Å². The molecule has 102 valence electrons. The van der Waals surface area contributed by atoms with Gasteiger partial charge in [0.25, 0.3) is 0 Å². The maximum Gasteiger partial charge on any atom is 0.212 e. The molecule has 1 saturated heterocycles. The Morgan fingerprint density at radius 3 is 2.11 bits per heavy atom. The van der Waals surface area contributed by atoms with Gasteiger partial charge >= 0.3 is 0 Å². The highest BCUT2D eigenvalue weighted by Crippen LogP contribution is 2.22.